The van der Waals surface area contributed by atoms with Crippen LogP contribution in [-0.4, -0.2) is 22.5 Å². The minimum absolute atomic E-state index is 0.0478. The summed E-state index contributed by atoms with van der Waals surface area (Å²) in [6.45, 7) is 0.476. The molecular weight excluding hydrogens is 336 g/mol. The second kappa shape index (κ2) is 8.72. The topological polar surface area (TPSA) is 72.9 Å². The summed E-state index contributed by atoms with van der Waals surface area (Å²) < 4.78 is 1.84. The largest absolute Gasteiger partial charge is 0.383 e. The lowest BCUT2D eigenvalue weighted by Crippen LogP contribution is -2.17. The molecule has 0 aliphatic rings. The van der Waals surface area contributed by atoms with Crippen molar-refractivity contribution in [1.29, 1.82) is 0 Å². The highest BCUT2D eigenvalue weighted by atomic mass is 16.1. The summed E-state index contributed by atoms with van der Waals surface area (Å²) in [7, 11) is 1.65. The first kappa shape index (κ1) is 18.3. The number of nitrogens with zero attached hydrogens (tertiary/aromatic N) is 2. The number of amides is 1. The summed E-state index contributed by atoms with van der Waals surface area (Å²) in [5.41, 5.74) is 10.0. The van der Waals surface area contributed by atoms with Crippen LogP contribution in [0.2, 0.25) is 0 Å². The van der Waals surface area contributed by atoms with Crippen molar-refractivity contribution in [2.75, 3.05) is 12.8 Å². The second-order valence-electron chi connectivity index (χ2n) is 6.14. The van der Waals surface area contributed by atoms with E-state index in [0.717, 1.165) is 28.8 Å². The van der Waals surface area contributed by atoms with E-state index in [9.17, 15) is 4.79 Å². The van der Waals surface area contributed by atoms with E-state index in [0.29, 0.717) is 18.8 Å². The third kappa shape index (κ3) is 4.77. The van der Waals surface area contributed by atoms with E-state index in [1.54, 1.807) is 13.4 Å². The van der Waals surface area contributed by atoms with E-state index in [-0.39, 0.29) is 5.91 Å². The molecule has 0 bridgehead atoms. The number of benzene rings is 2. The molecule has 1 amide bonds. The van der Waals surface area contributed by atoms with Gasteiger partial charge in [0.05, 0.1) is 12.9 Å². The number of aromatic nitrogens is 2. The molecule has 0 radical (unpaired) electrons. The van der Waals surface area contributed by atoms with Crippen molar-refractivity contribution < 1.29 is 4.79 Å². The third-order valence-corrected chi connectivity index (χ3v) is 4.28. The van der Waals surface area contributed by atoms with Gasteiger partial charge in [-0.05, 0) is 24.1 Å². The number of hydrogen-bond acceptors (Lipinski definition) is 3. The van der Waals surface area contributed by atoms with E-state index in [4.69, 9.17) is 5.73 Å². The first-order valence-corrected chi connectivity index (χ1v) is 8.82. The Hall–Kier alpha value is -3.52. The highest BCUT2D eigenvalue weighted by molar-refractivity contribution is 5.75. The number of carbonyl (C=O) groups excluding carboxylic acids is 1. The van der Waals surface area contributed by atoms with Gasteiger partial charge in [0.25, 0.3) is 0 Å². The molecule has 0 unspecified atom stereocenters. The molecule has 0 atom stereocenters. The molecule has 0 saturated carbocycles. The normalized spacial score (nSPS) is 10.1. The molecule has 0 spiro atoms. The number of aryl methyl sites for hydroxylation is 1. The van der Waals surface area contributed by atoms with Gasteiger partial charge in [-0.2, -0.15) is 0 Å². The van der Waals surface area contributed by atoms with Crippen LogP contribution in [0.15, 0.2) is 60.9 Å². The summed E-state index contributed by atoms with van der Waals surface area (Å²) in [4.78, 5) is 15.7. The average molecular weight is 358 g/mol. The van der Waals surface area contributed by atoms with Gasteiger partial charge < -0.3 is 15.6 Å². The van der Waals surface area contributed by atoms with E-state index in [2.05, 4.69) is 22.1 Å². The van der Waals surface area contributed by atoms with Gasteiger partial charge in [-0.25, -0.2) is 4.98 Å². The zero-order valence-corrected chi connectivity index (χ0v) is 15.3. The fourth-order valence-corrected chi connectivity index (χ4v) is 2.70. The summed E-state index contributed by atoms with van der Waals surface area (Å²) >= 11 is 0. The van der Waals surface area contributed by atoms with Gasteiger partial charge in [0, 0.05) is 24.6 Å². The maximum Gasteiger partial charge on any atom is 0.220 e. The fourth-order valence-electron chi connectivity index (χ4n) is 2.70. The molecule has 0 aliphatic carbocycles. The van der Waals surface area contributed by atoms with Gasteiger partial charge in [-0.1, -0.05) is 54.3 Å². The van der Waals surface area contributed by atoms with E-state index >= 15 is 0 Å². The Kier molecular flexibility index (Phi) is 5.91. The molecule has 5 nitrogen and oxygen atoms in total. The number of nitrogen functional groups attached to an aromatic ring is 1. The van der Waals surface area contributed by atoms with Gasteiger partial charge in [-0.3, -0.25) is 4.79 Å². The number of anilines is 1. The fraction of sp³-hybridized carbons (Fsp3) is 0.182. The quantitative estimate of drug-likeness (QED) is 0.689. The highest BCUT2D eigenvalue weighted by Gasteiger charge is 2.08. The van der Waals surface area contributed by atoms with Gasteiger partial charge in [0.1, 0.15) is 11.5 Å². The predicted molar refractivity (Wildman–Crippen MR) is 108 cm³/mol. The van der Waals surface area contributed by atoms with Gasteiger partial charge in [0.15, 0.2) is 0 Å². The van der Waals surface area contributed by atoms with E-state index < -0.39 is 0 Å². The second-order valence-corrected chi connectivity index (χ2v) is 6.14. The molecule has 136 valence electrons. The monoisotopic (exact) mass is 358 g/mol. The Labute approximate surface area is 159 Å². The van der Waals surface area contributed by atoms with Crippen molar-refractivity contribution in [3.63, 3.8) is 0 Å². The van der Waals surface area contributed by atoms with Gasteiger partial charge >= 0.3 is 0 Å². The molecule has 3 N–H and O–H groups in total. The molecule has 3 aromatic rings. The predicted octanol–water partition coefficient (Wildman–Crippen LogP) is 2.86. The summed E-state index contributed by atoms with van der Waals surface area (Å²) in [5, 5.41) is 2.63. The van der Waals surface area contributed by atoms with Crippen LogP contribution in [0.4, 0.5) is 5.82 Å². The summed E-state index contributed by atoms with van der Waals surface area (Å²) in [5.74, 6) is 6.93. The lowest BCUT2D eigenvalue weighted by atomic mass is 10.1. The number of nitrogens with two attached hydrogens (primary N) is 1. The van der Waals surface area contributed by atoms with Crippen LogP contribution < -0.4 is 11.1 Å². The number of hydrogen-bond donors (Lipinski definition) is 2. The minimum Gasteiger partial charge on any atom is -0.383 e. The number of nitrogens with one attached hydrogen (secondary N) is 1. The smallest absolute Gasteiger partial charge is 0.220 e. The van der Waals surface area contributed by atoms with Crippen molar-refractivity contribution in [1.82, 2.24) is 14.9 Å². The summed E-state index contributed by atoms with van der Waals surface area (Å²) in [6.07, 6.45) is 2.93. The first-order valence-electron chi connectivity index (χ1n) is 8.82. The standard InChI is InChI=1S/C22H22N4O/c1-24-20(27)14-13-18-11-9-17(10-12-18)6-5-15-26-16-25-21(22(26)23)19-7-3-2-4-8-19/h2-4,7-12,16H,13-15,23H2,1H3,(H,24,27). The van der Waals surface area contributed by atoms with Crippen LogP contribution in [0.3, 0.4) is 0 Å². The van der Waals surface area contributed by atoms with Crippen molar-refractivity contribution in [3.8, 4) is 23.1 Å². The maximum atomic E-state index is 11.3. The number of imidazole rings is 1. The Bertz CT molecular complexity index is 963. The van der Waals surface area contributed by atoms with Gasteiger partial charge in [0.2, 0.25) is 5.91 Å². The molecule has 27 heavy (non-hydrogen) atoms. The molecule has 0 aliphatic heterocycles. The van der Waals surface area contributed by atoms with Crippen molar-refractivity contribution in [2.24, 2.45) is 0 Å². The molecule has 5 heteroatoms. The van der Waals surface area contributed by atoms with E-state index in [1.165, 1.54) is 0 Å². The Balaban J connectivity index is 1.62. The zero-order valence-electron chi connectivity index (χ0n) is 15.3. The lowest BCUT2D eigenvalue weighted by molar-refractivity contribution is -0.120. The van der Waals surface area contributed by atoms with E-state index in [1.807, 2.05) is 59.2 Å². The van der Waals surface area contributed by atoms with Crippen LogP contribution in [-0.2, 0) is 17.8 Å². The number of rotatable bonds is 5. The van der Waals surface area contributed by atoms with Crippen molar-refractivity contribution in [2.45, 2.75) is 19.4 Å². The van der Waals surface area contributed by atoms with Crippen molar-refractivity contribution >= 4 is 11.7 Å². The zero-order chi connectivity index (χ0) is 19.1. The Morgan fingerprint density at radius 2 is 1.89 bits per heavy atom. The molecule has 0 saturated heterocycles. The van der Waals surface area contributed by atoms with Gasteiger partial charge in [-0.15, -0.1) is 0 Å². The molecule has 1 aromatic heterocycles. The molecular formula is C22H22N4O. The lowest BCUT2D eigenvalue weighted by Gasteiger charge is -2.02. The van der Waals surface area contributed by atoms with Crippen LogP contribution in [0.5, 0.6) is 0 Å². The SMILES string of the molecule is CNC(=O)CCc1ccc(C#CCn2cnc(-c3ccccc3)c2N)cc1. The number of carbonyl (C=O) groups is 1. The molecule has 2 aromatic carbocycles. The molecule has 0 fully saturated rings. The van der Waals surface area contributed by atoms with Crippen LogP contribution in [0, 0.1) is 11.8 Å². The Morgan fingerprint density at radius 3 is 2.59 bits per heavy atom. The maximum absolute atomic E-state index is 11.3. The first-order chi connectivity index (χ1) is 13.2. The minimum atomic E-state index is 0.0478. The summed E-state index contributed by atoms with van der Waals surface area (Å²) in [6, 6.07) is 17.8. The van der Waals surface area contributed by atoms with Crippen LogP contribution in [0.25, 0.3) is 11.3 Å². The molecule has 3 rings (SSSR count). The average Bonchev–Trinajstić information content (AvgIpc) is 3.08. The van der Waals surface area contributed by atoms with Crippen LogP contribution in [0.1, 0.15) is 17.5 Å². The van der Waals surface area contributed by atoms with Crippen molar-refractivity contribution in [3.05, 3.63) is 72.1 Å². The highest BCUT2D eigenvalue weighted by Crippen LogP contribution is 2.23. The van der Waals surface area contributed by atoms with Crippen LogP contribution >= 0.6 is 0 Å². The molecule has 1 heterocycles. The Morgan fingerprint density at radius 1 is 1.15 bits per heavy atom. The third-order valence-electron chi connectivity index (χ3n) is 4.28.